The second-order valence-corrected chi connectivity index (χ2v) is 4.70. The van der Waals surface area contributed by atoms with Crippen LogP contribution in [0.4, 0.5) is 0 Å². The van der Waals surface area contributed by atoms with Crippen LogP contribution in [0.3, 0.4) is 0 Å². The molecule has 0 radical (unpaired) electrons. The van der Waals surface area contributed by atoms with Crippen LogP contribution in [0.25, 0.3) is 0 Å². The van der Waals surface area contributed by atoms with Gasteiger partial charge in [0.05, 0.1) is 6.29 Å². The predicted molar refractivity (Wildman–Crippen MR) is 63.0 cm³/mol. The number of nitrogens with one attached hydrogen (secondary N) is 1. The Bertz CT molecular complexity index is 312. The van der Waals surface area contributed by atoms with Gasteiger partial charge in [-0.05, 0) is 12.5 Å². The third-order valence-corrected chi connectivity index (χ3v) is 2.13. The van der Waals surface area contributed by atoms with Crippen LogP contribution >= 0.6 is 7.60 Å². The van der Waals surface area contributed by atoms with E-state index in [-0.39, 0.29) is 12.9 Å². The molecule has 0 atom stereocenters. The Morgan fingerprint density at radius 2 is 1.75 bits per heavy atom. The summed E-state index contributed by atoms with van der Waals surface area (Å²) in [5.74, 6) is 0. The first-order valence-electron chi connectivity index (χ1n) is 4.89. The van der Waals surface area contributed by atoms with E-state index in [1.54, 1.807) is 6.92 Å². The van der Waals surface area contributed by atoms with E-state index in [1.807, 2.05) is 30.3 Å². The van der Waals surface area contributed by atoms with Gasteiger partial charge in [-0.1, -0.05) is 30.3 Å². The largest absolute Gasteiger partial charge is 0.397 e. The van der Waals surface area contributed by atoms with Crippen molar-refractivity contribution >= 4 is 7.60 Å². The number of rotatable bonds is 4. The molecule has 0 saturated carbocycles. The fourth-order valence-electron chi connectivity index (χ4n) is 0.942. The molecule has 0 amide bonds. The molecule has 0 aromatic heterocycles. The van der Waals surface area contributed by atoms with Crippen LogP contribution in [-0.2, 0) is 11.1 Å². The number of hydrogen-bond donors (Lipinski definition) is 4. The quantitative estimate of drug-likeness (QED) is 0.594. The molecular formula is C10H18NO4P. The zero-order chi connectivity index (χ0) is 12.4. The minimum Gasteiger partial charge on any atom is -0.397 e. The van der Waals surface area contributed by atoms with Crippen molar-refractivity contribution in [2.75, 3.05) is 12.9 Å². The molecule has 0 heterocycles. The third kappa shape index (κ3) is 9.83. The Morgan fingerprint density at radius 1 is 1.25 bits per heavy atom. The Balaban J connectivity index is 0.000000673. The van der Waals surface area contributed by atoms with Gasteiger partial charge in [0.25, 0.3) is 0 Å². The molecule has 0 fully saturated rings. The van der Waals surface area contributed by atoms with Crippen LogP contribution in [0, 0.1) is 0 Å². The lowest BCUT2D eigenvalue weighted by atomic mass is 10.2. The Labute approximate surface area is 95.3 Å². The lowest BCUT2D eigenvalue weighted by Gasteiger charge is -2.05. The second kappa shape index (κ2) is 8.44. The molecule has 0 aliphatic heterocycles. The van der Waals surface area contributed by atoms with Crippen LogP contribution in [0.15, 0.2) is 30.3 Å². The standard InChI is InChI=1S/C8H12NO3P.C2H6O/c10-13(11,12)7-9-6-8-4-2-1-3-5-8;1-2-3/h1-5,9H,6-7H2,(H2,10,11,12);3H,2H2,1H3. The molecule has 92 valence electrons. The van der Waals surface area contributed by atoms with Gasteiger partial charge in [-0.3, -0.25) is 4.57 Å². The smallest absolute Gasteiger partial charge is 0.339 e. The van der Waals surface area contributed by atoms with Crippen molar-refractivity contribution in [1.29, 1.82) is 0 Å². The van der Waals surface area contributed by atoms with Gasteiger partial charge in [-0.15, -0.1) is 0 Å². The predicted octanol–water partition coefficient (Wildman–Crippen LogP) is 0.910. The highest BCUT2D eigenvalue weighted by molar-refractivity contribution is 7.51. The van der Waals surface area contributed by atoms with Crippen molar-refractivity contribution in [2.24, 2.45) is 0 Å². The lowest BCUT2D eigenvalue weighted by molar-refractivity contribution is 0.318. The van der Waals surface area contributed by atoms with Gasteiger partial charge in [-0.25, -0.2) is 0 Å². The first-order chi connectivity index (χ1) is 7.49. The van der Waals surface area contributed by atoms with Gasteiger partial charge in [0, 0.05) is 13.2 Å². The summed E-state index contributed by atoms with van der Waals surface area (Å²) in [6.07, 6.45) is -0.276. The van der Waals surface area contributed by atoms with Gasteiger partial charge in [0.1, 0.15) is 0 Å². The highest BCUT2D eigenvalue weighted by Crippen LogP contribution is 2.31. The van der Waals surface area contributed by atoms with E-state index in [2.05, 4.69) is 5.32 Å². The first-order valence-corrected chi connectivity index (χ1v) is 6.69. The number of aliphatic hydroxyl groups excluding tert-OH is 1. The average molecular weight is 247 g/mol. The van der Waals surface area contributed by atoms with Crippen molar-refractivity contribution in [3.8, 4) is 0 Å². The van der Waals surface area contributed by atoms with Gasteiger partial charge < -0.3 is 20.2 Å². The van der Waals surface area contributed by atoms with Crippen LogP contribution in [0.5, 0.6) is 0 Å². The minimum atomic E-state index is -3.91. The molecule has 4 N–H and O–H groups in total. The summed E-state index contributed by atoms with van der Waals surface area (Å²) < 4.78 is 10.5. The van der Waals surface area contributed by atoms with Gasteiger partial charge in [0.15, 0.2) is 0 Å². The zero-order valence-electron chi connectivity index (χ0n) is 9.21. The van der Waals surface area contributed by atoms with Crippen LogP contribution in [-0.4, -0.2) is 27.8 Å². The molecule has 1 aromatic rings. The molecule has 1 aromatic carbocycles. The third-order valence-electron chi connectivity index (χ3n) is 1.49. The lowest BCUT2D eigenvalue weighted by Crippen LogP contribution is -2.14. The molecule has 0 spiro atoms. The van der Waals surface area contributed by atoms with E-state index in [0.29, 0.717) is 6.54 Å². The topological polar surface area (TPSA) is 89.8 Å². The van der Waals surface area contributed by atoms with E-state index >= 15 is 0 Å². The molecule has 0 aliphatic carbocycles. The molecular weight excluding hydrogens is 229 g/mol. The zero-order valence-corrected chi connectivity index (χ0v) is 10.1. The van der Waals surface area contributed by atoms with Crippen molar-refractivity contribution in [3.63, 3.8) is 0 Å². The van der Waals surface area contributed by atoms with Crippen molar-refractivity contribution in [2.45, 2.75) is 13.5 Å². The van der Waals surface area contributed by atoms with Crippen LogP contribution < -0.4 is 5.32 Å². The van der Waals surface area contributed by atoms with Crippen LogP contribution in [0.1, 0.15) is 12.5 Å². The SMILES string of the molecule is CCO.O=P(O)(O)CNCc1ccccc1. The monoisotopic (exact) mass is 247 g/mol. The highest BCUT2D eigenvalue weighted by Gasteiger charge is 2.10. The maximum Gasteiger partial charge on any atom is 0.339 e. The van der Waals surface area contributed by atoms with E-state index in [1.165, 1.54) is 0 Å². The van der Waals surface area contributed by atoms with Gasteiger partial charge >= 0.3 is 7.60 Å². The summed E-state index contributed by atoms with van der Waals surface area (Å²) >= 11 is 0. The molecule has 6 heteroatoms. The van der Waals surface area contributed by atoms with E-state index < -0.39 is 7.60 Å². The normalized spacial score (nSPS) is 10.5. The Hall–Kier alpha value is -0.710. The summed E-state index contributed by atoms with van der Waals surface area (Å²) in [5.41, 5.74) is 1.01. The molecule has 0 bridgehead atoms. The average Bonchev–Trinajstić information content (AvgIpc) is 2.18. The molecule has 16 heavy (non-hydrogen) atoms. The summed E-state index contributed by atoms with van der Waals surface area (Å²) in [6, 6.07) is 9.45. The minimum absolute atomic E-state index is 0.250. The first kappa shape index (κ1) is 15.3. The maximum atomic E-state index is 10.5. The van der Waals surface area contributed by atoms with Crippen molar-refractivity contribution in [1.82, 2.24) is 5.32 Å². The van der Waals surface area contributed by atoms with E-state index in [0.717, 1.165) is 5.56 Å². The van der Waals surface area contributed by atoms with Crippen molar-refractivity contribution in [3.05, 3.63) is 35.9 Å². The fourth-order valence-corrected chi connectivity index (χ4v) is 1.34. The molecule has 1 rings (SSSR count). The number of benzene rings is 1. The molecule has 5 nitrogen and oxygen atoms in total. The molecule has 0 saturated heterocycles. The summed E-state index contributed by atoms with van der Waals surface area (Å²) in [4.78, 5) is 17.1. The molecule has 0 unspecified atom stereocenters. The maximum absolute atomic E-state index is 10.5. The van der Waals surface area contributed by atoms with E-state index in [9.17, 15) is 4.57 Å². The molecule has 0 aliphatic rings. The van der Waals surface area contributed by atoms with Gasteiger partial charge in [0.2, 0.25) is 0 Å². The van der Waals surface area contributed by atoms with Gasteiger partial charge in [-0.2, -0.15) is 0 Å². The summed E-state index contributed by atoms with van der Waals surface area (Å²) in [7, 11) is -3.91. The number of hydrogen-bond acceptors (Lipinski definition) is 3. The number of aliphatic hydroxyl groups is 1. The summed E-state index contributed by atoms with van der Waals surface area (Å²) in [5, 5.41) is 10.2. The highest BCUT2D eigenvalue weighted by atomic mass is 31.2. The Kier molecular flexibility index (Phi) is 8.07. The summed E-state index contributed by atoms with van der Waals surface area (Å²) in [6.45, 7) is 2.41. The second-order valence-electron chi connectivity index (χ2n) is 3.05. The Morgan fingerprint density at radius 3 is 2.19 bits per heavy atom. The fraction of sp³-hybridized carbons (Fsp3) is 0.400. The van der Waals surface area contributed by atoms with Crippen molar-refractivity contribution < 1.29 is 19.5 Å². The van der Waals surface area contributed by atoms with Crippen LogP contribution in [0.2, 0.25) is 0 Å². The van der Waals surface area contributed by atoms with E-state index in [4.69, 9.17) is 14.9 Å².